The number of methoxy groups -OCH3 is 2. The number of hydrogen-bond donors (Lipinski definition) is 0. The summed E-state index contributed by atoms with van der Waals surface area (Å²) in [6.45, 7) is 4.33. The molecular weight excluding hydrogens is 344 g/mol. The Morgan fingerprint density at radius 1 is 1.33 bits per heavy atom. The fourth-order valence-electron chi connectivity index (χ4n) is 2.37. The molecule has 2 heterocycles. The van der Waals surface area contributed by atoms with Gasteiger partial charge in [0.15, 0.2) is 17.7 Å². The van der Waals surface area contributed by atoms with E-state index in [0.717, 1.165) is 16.3 Å². The number of rotatable bonds is 6. The van der Waals surface area contributed by atoms with Crippen molar-refractivity contribution in [2.24, 2.45) is 10.2 Å². The van der Waals surface area contributed by atoms with Crippen LogP contribution >= 0.6 is 23.6 Å². The molecule has 2 aromatic rings. The fraction of sp³-hybridized carbons (Fsp3) is 0.250. The van der Waals surface area contributed by atoms with Gasteiger partial charge in [0.25, 0.3) is 0 Å². The van der Waals surface area contributed by atoms with Gasteiger partial charge in [0, 0.05) is 17.5 Å². The molecule has 0 radical (unpaired) electrons. The molecule has 0 saturated heterocycles. The molecule has 0 spiro atoms. The molecule has 6 nitrogen and oxygen atoms in total. The zero-order valence-electron chi connectivity index (χ0n) is 13.3. The minimum absolute atomic E-state index is 0.291. The standard InChI is InChI=1S/C16H16N4O2S2/c1-4-7-20-14(18-19-16(20)23)11-9-24-15(17-11)10-5-6-12(21-2)13(8-10)22-3/h4-6,8-9,14H,1,7H2,2-3H3. The van der Waals surface area contributed by atoms with Gasteiger partial charge in [-0.15, -0.1) is 23.0 Å². The molecule has 24 heavy (non-hydrogen) atoms. The zero-order valence-corrected chi connectivity index (χ0v) is 14.9. The first kappa shape index (κ1) is 16.5. The van der Waals surface area contributed by atoms with Crippen LogP contribution in [0.4, 0.5) is 0 Å². The number of hydrogen-bond acceptors (Lipinski definition) is 6. The Hall–Kier alpha value is -2.32. The SMILES string of the molecule is C=CCN1C(=S)N=NC1c1csc(-c2ccc(OC)c(OC)c2)n1. The smallest absolute Gasteiger partial charge is 0.218 e. The largest absolute Gasteiger partial charge is 0.493 e. The fourth-order valence-corrected chi connectivity index (χ4v) is 3.42. The van der Waals surface area contributed by atoms with E-state index in [9.17, 15) is 0 Å². The summed E-state index contributed by atoms with van der Waals surface area (Å²) >= 11 is 6.75. The minimum atomic E-state index is -0.291. The molecule has 1 aliphatic rings. The highest BCUT2D eigenvalue weighted by molar-refractivity contribution is 7.80. The molecule has 8 heteroatoms. The Bertz CT molecular complexity index is 803. The van der Waals surface area contributed by atoms with Crippen LogP contribution in [-0.4, -0.2) is 35.8 Å². The second-order valence-corrected chi connectivity index (χ2v) is 6.18. The van der Waals surface area contributed by atoms with Crippen molar-refractivity contribution in [3.05, 3.63) is 41.9 Å². The minimum Gasteiger partial charge on any atom is -0.493 e. The number of thiazole rings is 1. The molecule has 1 unspecified atom stereocenters. The highest BCUT2D eigenvalue weighted by Gasteiger charge is 2.29. The van der Waals surface area contributed by atoms with Crippen LogP contribution in [-0.2, 0) is 0 Å². The highest BCUT2D eigenvalue weighted by atomic mass is 32.1. The van der Waals surface area contributed by atoms with Crippen molar-refractivity contribution in [1.82, 2.24) is 9.88 Å². The quantitative estimate of drug-likeness (QED) is 0.574. The van der Waals surface area contributed by atoms with Crippen LogP contribution in [0.25, 0.3) is 10.6 Å². The van der Waals surface area contributed by atoms with Crippen LogP contribution in [0.5, 0.6) is 11.5 Å². The van der Waals surface area contributed by atoms with Crippen molar-refractivity contribution < 1.29 is 9.47 Å². The number of azo groups is 1. The van der Waals surface area contributed by atoms with Crippen molar-refractivity contribution in [3.8, 4) is 22.1 Å². The number of thiocarbonyl (C=S) groups is 1. The average molecular weight is 360 g/mol. The van der Waals surface area contributed by atoms with Gasteiger partial charge in [-0.25, -0.2) is 4.98 Å². The molecule has 0 saturated carbocycles. The first-order chi connectivity index (χ1) is 11.7. The number of benzene rings is 1. The first-order valence-electron chi connectivity index (χ1n) is 7.18. The van der Waals surface area contributed by atoms with E-state index < -0.39 is 0 Å². The van der Waals surface area contributed by atoms with E-state index in [2.05, 4.69) is 16.8 Å². The summed E-state index contributed by atoms with van der Waals surface area (Å²) in [5, 5.41) is 11.5. The Kier molecular flexibility index (Phi) is 4.86. The van der Waals surface area contributed by atoms with Crippen molar-refractivity contribution in [2.45, 2.75) is 6.17 Å². The Morgan fingerprint density at radius 3 is 2.83 bits per heavy atom. The maximum atomic E-state index is 5.35. The lowest BCUT2D eigenvalue weighted by Crippen LogP contribution is -2.27. The molecule has 0 amide bonds. The topological polar surface area (TPSA) is 59.3 Å². The average Bonchev–Trinajstić information content (AvgIpc) is 3.22. The van der Waals surface area contributed by atoms with Crippen LogP contribution in [0, 0.1) is 0 Å². The summed E-state index contributed by atoms with van der Waals surface area (Å²) in [5.74, 6) is 1.35. The van der Waals surface area contributed by atoms with Crippen LogP contribution < -0.4 is 9.47 Å². The zero-order chi connectivity index (χ0) is 17.1. The highest BCUT2D eigenvalue weighted by Crippen LogP contribution is 2.36. The summed E-state index contributed by atoms with van der Waals surface area (Å²) in [7, 11) is 3.23. The van der Waals surface area contributed by atoms with Gasteiger partial charge in [0.05, 0.1) is 19.9 Å². The van der Waals surface area contributed by atoms with E-state index in [1.165, 1.54) is 11.3 Å². The van der Waals surface area contributed by atoms with Crippen LogP contribution in [0.1, 0.15) is 11.9 Å². The van der Waals surface area contributed by atoms with Crippen molar-refractivity contribution in [2.75, 3.05) is 20.8 Å². The van der Waals surface area contributed by atoms with Crippen molar-refractivity contribution in [3.63, 3.8) is 0 Å². The lowest BCUT2D eigenvalue weighted by molar-refractivity contribution is 0.355. The number of ether oxygens (including phenoxy) is 2. The summed E-state index contributed by atoms with van der Waals surface area (Å²) < 4.78 is 10.6. The molecule has 124 valence electrons. The molecule has 1 aromatic carbocycles. The van der Waals surface area contributed by atoms with E-state index in [0.29, 0.717) is 23.2 Å². The van der Waals surface area contributed by atoms with Crippen LogP contribution in [0.15, 0.2) is 46.5 Å². The third-order valence-corrected chi connectivity index (χ3v) is 4.76. The number of aromatic nitrogens is 1. The first-order valence-corrected chi connectivity index (χ1v) is 8.47. The molecule has 1 aromatic heterocycles. The van der Waals surface area contributed by atoms with Gasteiger partial charge < -0.3 is 14.4 Å². The van der Waals surface area contributed by atoms with E-state index in [1.807, 2.05) is 28.5 Å². The summed E-state index contributed by atoms with van der Waals surface area (Å²) in [6, 6.07) is 5.72. The molecule has 3 rings (SSSR count). The predicted molar refractivity (Wildman–Crippen MR) is 97.8 cm³/mol. The van der Waals surface area contributed by atoms with E-state index in [-0.39, 0.29) is 6.17 Å². The van der Waals surface area contributed by atoms with Gasteiger partial charge in [-0.1, -0.05) is 6.08 Å². The monoisotopic (exact) mass is 360 g/mol. The molecule has 1 atom stereocenters. The lowest BCUT2D eigenvalue weighted by atomic mass is 10.2. The van der Waals surface area contributed by atoms with E-state index in [1.54, 1.807) is 20.3 Å². The van der Waals surface area contributed by atoms with Gasteiger partial charge >= 0.3 is 0 Å². The second-order valence-electron chi connectivity index (χ2n) is 4.96. The maximum Gasteiger partial charge on any atom is 0.218 e. The maximum absolute atomic E-state index is 5.35. The van der Waals surface area contributed by atoms with Crippen molar-refractivity contribution in [1.29, 1.82) is 0 Å². The molecule has 0 fully saturated rings. The number of nitrogens with zero attached hydrogens (tertiary/aromatic N) is 4. The molecule has 0 bridgehead atoms. The third-order valence-electron chi connectivity index (χ3n) is 3.54. The molecule has 1 aliphatic heterocycles. The summed E-state index contributed by atoms with van der Waals surface area (Å²) in [5.41, 5.74) is 1.77. The Morgan fingerprint density at radius 2 is 2.12 bits per heavy atom. The van der Waals surface area contributed by atoms with Crippen LogP contribution in [0.3, 0.4) is 0 Å². The molecule has 0 N–H and O–H groups in total. The van der Waals surface area contributed by atoms with Crippen molar-refractivity contribution >= 4 is 28.7 Å². The Labute approximate surface area is 149 Å². The van der Waals surface area contributed by atoms with E-state index in [4.69, 9.17) is 26.7 Å². The normalized spacial score (nSPS) is 16.5. The lowest BCUT2D eigenvalue weighted by Gasteiger charge is -2.19. The van der Waals surface area contributed by atoms with Crippen LogP contribution in [0.2, 0.25) is 0 Å². The third kappa shape index (κ3) is 3.02. The second kappa shape index (κ2) is 7.06. The van der Waals surface area contributed by atoms with Gasteiger partial charge in [-0.2, -0.15) is 5.11 Å². The van der Waals surface area contributed by atoms with Gasteiger partial charge in [0.2, 0.25) is 5.11 Å². The Balaban J connectivity index is 1.89. The summed E-state index contributed by atoms with van der Waals surface area (Å²) in [6.07, 6.45) is 1.48. The van der Waals surface area contributed by atoms with Gasteiger partial charge in [0.1, 0.15) is 5.01 Å². The predicted octanol–water partition coefficient (Wildman–Crippen LogP) is 4.06. The van der Waals surface area contributed by atoms with Gasteiger partial charge in [-0.3, -0.25) is 0 Å². The summed E-state index contributed by atoms with van der Waals surface area (Å²) in [4.78, 5) is 6.58. The molecule has 0 aliphatic carbocycles. The molecular formula is C16H16N4O2S2. The van der Waals surface area contributed by atoms with Gasteiger partial charge in [-0.05, 0) is 30.4 Å². The van der Waals surface area contributed by atoms with E-state index >= 15 is 0 Å².